The fourth-order valence-electron chi connectivity index (χ4n) is 0.818. The Morgan fingerprint density at radius 3 is 1.94 bits per heavy atom. The Balaban J connectivity index is 4.67. The van der Waals surface area contributed by atoms with Crippen LogP contribution in [0.15, 0.2) is 0 Å². The van der Waals surface area contributed by atoms with E-state index in [-0.39, 0.29) is 0 Å². The lowest BCUT2D eigenvalue weighted by molar-refractivity contribution is -0.181. The van der Waals surface area contributed by atoms with Crippen molar-refractivity contribution in [2.45, 2.75) is 38.6 Å². The first-order chi connectivity index (χ1) is 7.47. The zero-order chi connectivity index (χ0) is 13.9. The van der Waals surface area contributed by atoms with Crippen molar-refractivity contribution in [3.8, 4) is 0 Å². The van der Waals surface area contributed by atoms with Crippen molar-refractivity contribution < 1.29 is 32.2 Å². The lowest BCUT2D eigenvalue weighted by atomic mass is 10.2. The third kappa shape index (κ3) is 5.98. The van der Waals surface area contributed by atoms with Crippen LogP contribution >= 0.6 is 0 Å². The lowest BCUT2D eigenvalue weighted by Gasteiger charge is -2.23. The maximum absolute atomic E-state index is 12.4. The number of halogens is 3. The average molecular weight is 257 g/mol. The summed E-state index contributed by atoms with van der Waals surface area (Å²) in [7, 11) is 0.790. The number of methoxy groups -OCH3 is 1. The van der Waals surface area contributed by atoms with Gasteiger partial charge in [-0.25, -0.2) is 9.59 Å². The van der Waals surface area contributed by atoms with Gasteiger partial charge in [-0.2, -0.15) is 13.2 Å². The van der Waals surface area contributed by atoms with Crippen molar-refractivity contribution in [2.24, 2.45) is 0 Å². The van der Waals surface area contributed by atoms with E-state index < -0.39 is 29.9 Å². The van der Waals surface area contributed by atoms with Gasteiger partial charge in [0.05, 0.1) is 7.11 Å². The number of ether oxygens (including phenoxy) is 2. The van der Waals surface area contributed by atoms with Gasteiger partial charge >= 0.3 is 18.2 Å². The molecule has 0 radical (unpaired) electrons. The van der Waals surface area contributed by atoms with Crippen LogP contribution in [0.2, 0.25) is 0 Å². The Kier molecular flexibility index (Phi) is 4.79. The molecule has 1 unspecified atom stereocenters. The van der Waals surface area contributed by atoms with Gasteiger partial charge in [-0.3, -0.25) is 5.32 Å². The zero-order valence-electron chi connectivity index (χ0n) is 9.84. The summed E-state index contributed by atoms with van der Waals surface area (Å²) in [6.45, 7) is 4.44. The number of nitrogens with one attached hydrogen (secondary N) is 1. The topological polar surface area (TPSA) is 64.6 Å². The SMILES string of the molecule is COC(=O)C(NC(=O)OC(C)(C)C)C(F)(F)F. The molecule has 1 N–H and O–H groups in total. The summed E-state index contributed by atoms with van der Waals surface area (Å²) in [6, 6.07) is -2.73. The maximum atomic E-state index is 12.4. The van der Waals surface area contributed by atoms with Crippen molar-refractivity contribution in [3.05, 3.63) is 0 Å². The first-order valence-corrected chi connectivity index (χ1v) is 4.61. The van der Waals surface area contributed by atoms with Crippen LogP contribution in [0, 0.1) is 0 Å². The Bertz CT molecular complexity index is 296. The van der Waals surface area contributed by atoms with Crippen molar-refractivity contribution in [3.63, 3.8) is 0 Å². The third-order valence-electron chi connectivity index (χ3n) is 1.43. The summed E-state index contributed by atoms with van der Waals surface area (Å²) in [6.07, 6.45) is -6.28. The molecule has 8 heteroatoms. The van der Waals surface area contributed by atoms with E-state index in [1.54, 1.807) is 0 Å². The second-order valence-corrected chi connectivity index (χ2v) is 4.14. The van der Waals surface area contributed by atoms with Crippen molar-refractivity contribution in [1.29, 1.82) is 0 Å². The zero-order valence-corrected chi connectivity index (χ0v) is 9.84. The molecule has 1 amide bonds. The van der Waals surface area contributed by atoms with Crippen LogP contribution in [-0.4, -0.2) is 37.0 Å². The molecule has 0 saturated carbocycles. The van der Waals surface area contributed by atoms with Crippen LogP contribution in [0.25, 0.3) is 0 Å². The lowest BCUT2D eigenvalue weighted by Crippen LogP contribution is -2.52. The van der Waals surface area contributed by atoms with Gasteiger partial charge in [0.25, 0.3) is 0 Å². The van der Waals surface area contributed by atoms with Crippen LogP contribution in [0.5, 0.6) is 0 Å². The number of esters is 1. The van der Waals surface area contributed by atoms with E-state index in [1.807, 2.05) is 0 Å². The summed E-state index contributed by atoms with van der Waals surface area (Å²) in [5, 5.41) is 1.40. The molecular weight excluding hydrogens is 243 g/mol. The van der Waals surface area contributed by atoms with Crippen LogP contribution in [0.3, 0.4) is 0 Å². The highest BCUT2D eigenvalue weighted by Gasteiger charge is 2.47. The van der Waals surface area contributed by atoms with E-state index in [9.17, 15) is 22.8 Å². The minimum absolute atomic E-state index is 0.790. The van der Waals surface area contributed by atoms with Crippen LogP contribution in [0.1, 0.15) is 20.8 Å². The van der Waals surface area contributed by atoms with Gasteiger partial charge < -0.3 is 9.47 Å². The van der Waals surface area contributed by atoms with E-state index in [4.69, 9.17) is 0 Å². The molecule has 100 valence electrons. The quantitative estimate of drug-likeness (QED) is 0.763. The van der Waals surface area contributed by atoms with E-state index >= 15 is 0 Å². The van der Waals surface area contributed by atoms with Crippen molar-refractivity contribution >= 4 is 12.1 Å². The number of rotatable bonds is 2. The Labute approximate surface area is 96.3 Å². The molecule has 0 fully saturated rings. The molecule has 0 aromatic carbocycles. The van der Waals surface area contributed by atoms with E-state index in [2.05, 4.69) is 9.47 Å². The van der Waals surface area contributed by atoms with Crippen LogP contribution in [-0.2, 0) is 14.3 Å². The summed E-state index contributed by atoms with van der Waals surface area (Å²) in [4.78, 5) is 21.9. The van der Waals surface area contributed by atoms with Crippen LogP contribution in [0.4, 0.5) is 18.0 Å². The molecule has 0 aliphatic carbocycles. The monoisotopic (exact) mass is 257 g/mol. The number of alkyl halides is 3. The Morgan fingerprint density at radius 2 is 1.65 bits per heavy atom. The summed E-state index contributed by atoms with van der Waals surface area (Å²) in [5.74, 6) is -1.61. The molecular formula is C9H14F3NO4. The second kappa shape index (κ2) is 5.24. The molecule has 5 nitrogen and oxygen atoms in total. The Morgan fingerprint density at radius 1 is 1.18 bits per heavy atom. The van der Waals surface area contributed by atoms with E-state index in [0.717, 1.165) is 7.11 Å². The number of hydrogen-bond donors (Lipinski definition) is 1. The predicted octanol–water partition coefficient (Wildman–Crippen LogP) is 1.61. The highest BCUT2D eigenvalue weighted by Crippen LogP contribution is 2.21. The van der Waals surface area contributed by atoms with Gasteiger partial charge in [-0.05, 0) is 20.8 Å². The number of carbonyl (C=O) groups is 2. The molecule has 0 aromatic rings. The summed E-state index contributed by atoms with van der Waals surface area (Å²) in [5.41, 5.74) is -0.962. The minimum Gasteiger partial charge on any atom is -0.467 e. The average Bonchev–Trinajstić information content (AvgIpc) is 2.08. The molecule has 0 heterocycles. The first kappa shape index (κ1) is 15.5. The van der Waals surface area contributed by atoms with Gasteiger partial charge in [0.1, 0.15) is 5.60 Å². The van der Waals surface area contributed by atoms with Gasteiger partial charge in [0.15, 0.2) is 0 Å². The van der Waals surface area contributed by atoms with Gasteiger partial charge in [0.2, 0.25) is 6.04 Å². The Hall–Kier alpha value is -1.47. The van der Waals surface area contributed by atoms with E-state index in [0.29, 0.717) is 0 Å². The minimum atomic E-state index is -4.94. The van der Waals surface area contributed by atoms with Gasteiger partial charge in [-0.1, -0.05) is 0 Å². The van der Waals surface area contributed by atoms with Crippen molar-refractivity contribution in [2.75, 3.05) is 7.11 Å². The molecule has 0 aromatic heterocycles. The number of hydrogen-bond acceptors (Lipinski definition) is 4. The molecule has 0 bridgehead atoms. The molecule has 0 rings (SSSR count). The highest BCUT2D eigenvalue weighted by molar-refractivity contribution is 5.82. The first-order valence-electron chi connectivity index (χ1n) is 4.61. The standard InChI is InChI=1S/C9H14F3NO4/c1-8(2,3)17-7(15)13-5(6(14)16-4)9(10,11)12/h5H,1-4H3,(H,13,15). The normalized spacial score (nSPS) is 13.8. The molecule has 0 aliphatic heterocycles. The van der Waals surface area contributed by atoms with Crippen molar-refractivity contribution in [1.82, 2.24) is 5.32 Å². The predicted molar refractivity (Wildman–Crippen MR) is 51.2 cm³/mol. The van der Waals surface area contributed by atoms with Gasteiger partial charge in [0, 0.05) is 0 Å². The number of alkyl carbamates (subject to hydrolysis) is 1. The molecule has 0 saturated heterocycles. The fourth-order valence-corrected chi connectivity index (χ4v) is 0.818. The van der Waals surface area contributed by atoms with Gasteiger partial charge in [-0.15, -0.1) is 0 Å². The molecule has 1 atom stereocenters. The van der Waals surface area contributed by atoms with Crippen LogP contribution < -0.4 is 5.32 Å². The molecule has 17 heavy (non-hydrogen) atoms. The largest absolute Gasteiger partial charge is 0.467 e. The fraction of sp³-hybridized carbons (Fsp3) is 0.778. The number of carbonyl (C=O) groups excluding carboxylic acids is 2. The molecule has 0 aliphatic rings. The smallest absolute Gasteiger partial charge is 0.419 e. The third-order valence-corrected chi connectivity index (χ3v) is 1.43. The highest BCUT2D eigenvalue weighted by atomic mass is 19.4. The summed E-state index contributed by atoms with van der Waals surface area (Å²) < 4.78 is 45.7. The second-order valence-electron chi connectivity index (χ2n) is 4.14. The maximum Gasteiger partial charge on any atom is 0.419 e. The number of amides is 1. The van der Waals surface area contributed by atoms with E-state index in [1.165, 1.54) is 26.1 Å². The summed E-state index contributed by atoms with van der Waals surface area (Å²) >= 11 is 0. The molecule has 0 spiro atoms.